The summed E-state index contributed by atoms with van der Waals surface area (Å²) in [5.74, 6) is 1.72. The fourth-order valence-electron chi connectivity index (χ4n) is 3.62. The number of hydrogen-bond acceptors (Lipinski definition) is 3. The second kappa shape index (κ2) is 12.7. The van der Waals surface area contributed by atoms with E-state index in [9.17, 15) is 4.79 Å². The molecular formula is C18H36IN5O. The zero-order valence-corrected chi connectivity index (χ0v) is 18.3. The van der Waals surface area contributed by atoms with Crippen LogP contribution < -0.4 is 10.6 Å². The minimum absolute atomic E-state index is 0. The number of guanidine groups is 1. The summed E-state index contributed by atoms with van der Waals surface area (Å²) in [5.41, 5.74) is 0. The van der Waals surface area contributed by atoms with Crippen molar-refractivity contribution in [3.8, 4) is 0 Å². The molecule has 2 aliphatic rings. The van der Waals surface area contributed by atoms with Crippen LogP contribution in [0.1, 0.15) is 45.4 Å². The minimum atomic E-state index is 0. The van der Waals surface area contributed by atoms with Crippen LogP contribution in [0.25, 0.3) is 0 Å². The number of carbonyl (C=O) groups excluding carboxylic acids is 1. The SMILES string of the molecule is CCNC(=NCCN1CCCCC1)N1CCC(CC(=O)NC)CC1.I. The molecule has 25 heavy (non-hydrogen) atoms. The van der Waals surface area contributed by atoms with Gasteiger partial charge in [-0.2, -0.15) is 0 Å². The van der Waals surface area contributed by atoms with E-state index in [0.717, 1.165) is 51.5 Å². The Morgan fingerprint density at radius 3 is 2.40 bits per heavy atom. The zero-order valence-electron chi connectivity index (χ0n) is 15.9. The lowest BCUT2D eigenvalue weighted by Crippen LogP contribution is -2.46. The molecule has 2 heterocycles. The Hall–Kier alpha value is -0.570. The molecule has 1 amide bonds. The van der Waals surface area contributed by atoms with E-state index in [1.807, 2.05) is 0 Å². The van der Waals surface area contributed by atoms with Crippen LogP contribution in [0.2, 0.25) is 0 Å². The minimum Gasteiger partial charge on any atom is -0.359 e. The summed E-state index contributed by atoms with van der Waals surface area (Å²) in [6.07, 6.45) is 6.86. The third-order valence-electron chi connectivity index (χ3n) is 5.13. The van der Waals surface area contributed by atoms with Gasteiger partial charge in [0, 0.05) is 39.6 Å². The topological polar surface area (TPSA) is 60.0 Å². The van der Waals surface area contributed by atoms with Gasteiger partial charge in [0.25, 0.3) is 0 Å². The number of carbonyl (C=O) groups is 1. The molecule has 2 rings (SSSR count). The summed E-state index contributed by atoms with van der Waals surface area (Å²) in [7, 11) is 1.72. The highest BCUT2D eigenvalue weighted by molar-refractivity contribution is 14.0. The molecule has 0 aromatic heterocycles. The molecule has 0 aromatic carbocycles. The second-order valence-electron chi connectivity index (χ2n) is 6.95. The van der Waals surface area contributed by atoms with E-state index >= 15 is 0 Å². The fourth-order valence-corrected chi connectivity index (χ4v) is 3.62. The van der Waals surface area contributed by atoms with Gasteiger partial charge >= 0.3 is 0 Å². The van der Waals surface area contributed by atoms with Gasteiger partial charge in [-0.15, -0.1) is 24.0 Å². The molecule has 0 aliphatic carbocycles. The lowest BCUT2D eigenvalue weighted by Gasteiger charge is -2.34. The van der Waals surface area contributed by atoms with Crippen LogP contribution in [0.3, 0.4) is 0 Å². The van der Waals surface area contributed by atoms with Crippen LogP contribution >= 0.6 is 24.0 Å². The van der Waals surface area contributed by atoms with E-state index in [4.69, 9.17) is 4.99 Å². The maximum Gasteiger partial charge on any atom is 0.220 e. The second-order valence-corrected chi connectivity index (χ2v) is 6.95. The quantitative estimate of drug-likeness (QED) is 0.358. The van der Waals surface area contributed by atoms with Gasteiger partial charge in [0.15, 0.2) is 5.96 Å². The summed E-state index contributed by atoms with van der Waals surface area (Å²) >= 11 is 0. The van der Waals surface area contributed by atoms with Gasteiger partial charge in [0.2, 0.25) is 5.91 Å². The molecule has 0 saturated carbocycles. The zero-order chi connectivity index (χ0) is 17.2. The number of likely N-dealkylation sites (tertiary alicyclic amines) is 2. The van der Waals surface area contributed by atoms with Crippen LogP contribution in [-0.4, -0.2) is 74.5 Å². The first kappa shape index (κ1) is 22.5. The van der Waals surface area contributed by atoms with Gasteiger partial charge in [0.1, 0.15) is 0 Å². The highest BCUT2D eigenvalue weighted by Crippen LogP contribution is 2.20. The number of nitrogens with zero attached hydrogens (tertiary/aromatic N) is 3. The maximum absolute atomic E-state index is 11.5. The molecule has 0 atom stereocenters. The number of halogens is 1. The first-order valence-electron chi connectivity index (χ1n) is 9.69. The average Bonchev–Trinajstić information content (AvgIpc) is 2.62. The Balaban J connectivity index is 0.00000312. The van der Waals surface area contributed by atoms with Crippen molar-refractivity contribution in [1.29, 1.82) is 0 Å². The summed E-state index contributed by atoms with van der Waals surface area (Å²) in [6.45, 7) is 9.43. The number of piperidine rings is 2. The van der Waals surface area contributed by atoms with E-state index < -0.39 is 0 Å². The van der Waals surface area contributed by atoms with Crippen molar-refractivity contribution in [1.82, 2.24) is 20.4 Å². The third kappa shape index (κ3) is 8.11. The molecule has 146 valence electrons. The number of amides is 1. The van der Waals surface area contributed by atoms with Crippen molar-refractivity contribution in [2.24, 2.45) is 10.9 Å². The normalized spacial score (nSPS) is 20.1. The molecule has 2 saturated heterocycles. The fraction of sp³-hybridized carbons (Fsp3) is 0.889. The Morgan fingerprint density at radius 2 is 1.80 bits per heavy atom. The summed E-state index contributed by atoms with van der Waals surface area (Å²) in [6, 6.07) is 0. The van der Waals surface area contributed by atoms with Crippen molar-refractivity contribution in [3.63, 3.8) is 0 Å². The van der Waals surface area contributed by atoms with Crippen molar-refractivity contribution < 1.29 is 4.79 Å². The molecule has 2 N–H and O–H groups in total. The molecule has 2 aliphatic heterocycles. The van der Waals surface area contributed by atoms with Crippen LogP contribution in [0.15, 0.2) is 4.99 Å². The van der Waals surface area contributed by atoms with E-state index in [0.29, 0.717) is 12.3 Å². The molecule has 0 aromatic rings. The van der Waals surface area contributed by atoms with E-state index in [1.54, 1.807) is 7.05 Å². The monoisotopic (exact) mass is 465 g/mol. The average molecular weight is 465 g/mol. The first-order chi connectivity index (χ1) is 11.7. The molecule has 0 unspecified atom stereocenters. The molecule has 0 bridgehead atoms. The van der Waals surface area contributed by atoms with Crippen LogP contribution in [0.5, 0.6) is 0 Å². The van der Waals surface area contributed by atoms with E-state index in [1.165, 1.54) is 32.4 Å². The van der Waals surface area contributed by atoms with E-state index in [-0.39, 0.29) is 29.9 Å². The number of rotatable bonds is 6. The van der Waals surface area contributed by atoms with Crippen LogP contribution in [0, 0.1) is 5.92 Å². The number of nitrogens with one attached hydrogen (secondary N) is 2. The predicted octanol–water partition coefficient (Wildman–Crippen LogP) is 1.90. The lowest BCUT2D eigenvalue weighted by molar-refractivity contribution is -0.121. The summed E-state index contributed by atoms with van der Waals surface area (Å²) in [4.78, 5) is 21.3. The van der Waals surface area contributed by atoms with Gasteiger partial charge in [-0.3, -0.25) is 9.79 Å². The molecule has 6 nitrogen and oxygen atoms in total. The van der Waals surface area contributed by atoms with Gasteiger partial charge in [-0.1, -0.05) is 6.42 Å². The highest BCUT2D eigenvalue weighted by atomic mass is 127. The van der Waals surface area contributed by atoms with Crippen molar-refractivity contribution >= 4 is 35.8 Å². The number of aliphatic imine (C=N–C) groups is 1. The highest BCUT2D eigenvalue weighted by Gasteiger charge is 2.23. The Bertz CT molecular complexity index is 404. The maximum atomic E-state index is 11.5. The van der Waals surface area contributed by atoms with Gasteiger partial charge < -0.3 is 20.4 Å². The summed E-state index contributed by atoms with van der Waals surface area (Å²) in [5, 5.41) is 6.17. The predicted molar refractivity (Wildman–Crippen MR) is 115 cm³/mol. The van der Waals surface area contributed by atoms with E-state index in [2.05, 4.69) is 27.4 Å². The smallest absolute Gasteiger partial charge is 0.220 e. The summed E-state index contributed by atoms with van der Waals surface area (Å²) < 4.78 is 0. The molecule has 0 spiro atoms. The van der Waals surface area contributed by atoms with Gasteiger partial charge in [-0.05, 0) is 51.6 Å². The lowest BCUT2D eigenvalue weighted by atomic mass is 9.93. The van der Waals surface area contributed by atoms with Crippen LogP contribution in [0.4, 0.5) is 0 Å². The number of hydrogen-bond donors (Lipinski definition) is 2. The third-order valence-corrected chi connectivity index (χ3v) is 5.13. The largest absolute Gasteiger partial charge is 0.359 e. The Morgan fingerprint density at radius 1 is 1.12 bits per heavy atom. The van der Waals surface area contributed by atoms with Crippen LogP contribution in [-0.2, 0) is 4.79 Å². The standard InChI is InChI=1S/C18H35N5O.HI/c1-3-20-18(21-9-14-22-10-5-4-6-11-22)23-12-7-16(8-13-23)15-17(24)19-2;/h16H,3-15H2,1-2H3,(H,19,24)(H,20,21);1H. The van der Waals surface area contributed by atoms with Crippen molar-refractivity contribution in [2.75, 3.05) is 52.9 Å². The Kier molecular flexibility index (Phi) is 11.4. The molecular weight excluding hydrogens is 429 g/mol. The first-order valence-corrected chi connectivity index (χ1v) is 9.69. The molecule has 2 fully saturated rings. The van der Waals surface area contributed by atoms with Gasteiger partial charge in [-0.25, -0.2) is 0 Å². The van der Waals surface area contributed by atoms with Gasteiger partial charge in [0.05, 0.1) is 6.54 Å². The molecule has 0 radical (unpaired) electrons. The van der Waals surface area contributed by atoms with Crippen molar-refractivity contribution in [3.05, 3.63) is 0 Å². The van der Waals surface area contributed by atoms with Crippen molar-refractivity contribution in [2.45, 2.75) is 45.4 Å². The Labute approximate surface area is 170 Å². The molecule has 7 heteroatoms.